The van der Waals surface area contributed by atoms with Crippen LogP contribution < -0.4 is 10.5 Å². The van der Waals surface area contributed by atoms with Crippen LogP contribution in [-0.2, 0) is 16.6 Å². The number of benzene rings is 1. The molecule has 0 amide bonds. The lowest BCUT2D eigenvalue weighted by atomic mass is 10.2. The fourth-order valence-electron chi connectivity index (χ4n) is 1.53. The van der Waals surface area contributed by atoms with Crippen molar-refractivity contribution < 1.29 is 8.42 Å². The second-order valence-corrected chi connectivity index (χ2v) is 5.63. The highest BCUT2D eigenvalue weighted by molar-refractivity contribution is 7.89. The maximum absolute atomic E-state index is 12.1. The minimum absolute atomic E-state index is 0.0271. The summed E-state index contributed by atoms with van der Waals surface area (Å²) >= 11 is 0. The number of sulfonamides is 1. The molecule has 0 saturated carbocycles. The van der Waals surface area contributed by atoms with E-state index in [1.54, 1.807) is 6.07 Å². The molecule has 2 aromatic rings. The van der Waals surface area contributed by atoms with Gasteiger partial charge in [0.2, 0.25) is 10.0 Å². The van der Waals surface area contributed by atoms with Crippen LogP contribution >= 0.6 is 0 Å². The largest absolute Gasteiger partial charge is 0.398 e. The Hall–Kier alpha value is -2.50. The molecule has 0 unspecified atom stereocenters. The summed E-state index contributed by atoms with van der Waals surface area (Å²) in [7, 11) is -3.76. The van der Waals surface area contributed by atoms with E-state index in [0.717, 1.165) is 0 Å². The van der Waals surface area contributed by atoms with E-state index in [0.29, 0.717) is 11.3 Å². The molecule has 0 bridgehead atoms. The number of nitriles is 1. The lowest BCUT2D eigenvalue weighted by molar-refractivity contribution is 0.580. The maximum atomic E-state index is 12.1. The predicted octanol–water partition coefficient (Wildman–Crippen LogP) is 0.409. The van der Waals surface area contributed by atoms with Gasteiger partial charge in [0, 0.05) is 6.20 Å². The number of anilines is 1. The Kier molecular flexibility index (Phi) is 3.93. The van der Waals surface area contributed by atoms with Crippen molar-refractivity contribution in [2.24, 2.45) is 0 Å². The number of rotatable bonds is 4. The normalized spacial score (nSPS) is 10.9. The highest BCUT2D eigenvalue weighted by atomic mass is 32.2. The molecule has 7 nitrogen and oxygen atoms in total. The molecular formula is C12H11N5O2S. The van der Waals surface area contributed by atoms with Crippen molar-refractivity contribution in [3.8, 4) is 6.07 Å². The summed E-state index contributed by atoms with van der Waals surface area (Å²) in [6, 6.07) is 7.51. The molecule has 1 aromatic carbocycles. The first-order valence-electron chi connectivity index (χ1n) is 5.57. The molecule has 3 N–H and O–H groups in total. The average Bonchev–Trinajstić information content (AvgIpc) is 2.46. The standard InChI is InChI=1S/C12H11N5O2S/c13-6-9-1-2-12(11(14)5-9)20(18,19)17-7-10-3-4-15-8-16-10/h1-5,8,17H,7,14H2. The van der Waals surface area contributed by atoms with Gasteiger partial charge < -0.3 is 5.73 Å². The Morgan fingerprint density at radius 1 is 1.35 bits per heavy atom. The summed E-state index contributed by atoms with van der Waals surface area (Å²) in [5.74, 6) is 0. The van der Waals surface area contributed by atoms with Crippen molar-refractivity contribution in [3.05, 3.63) is 48.0 Å². The van der Waals surface area contributed by atoms with Crippen LogP contribution in [0.25, 0.3) is 0 Å². The molecule has 102 valence electrons. The van der Waals surface area contributed by atoms with Crippen LogP contribution in [0.1, 0.15) is 11.3 Å². The molecule has 0 aliphatic heterocycles. The number of nitrogens with one attached hydrogen (secondary N) is 1. The molecule has 20 heavy (non-hydrogen) atoms. The summed E-state index contributed by atoms with van der Waals surface area (Å²) in [4.78, 5) is 7.59. The van der Waals surface area contributed by atoms with Gasteiger partial charge in [-0.2, -0.15) is 5.26 Å². The third-order valence-corrected chi connectivity index (χ3v) is 3.99. The smallest absolute Gasteiger partial charge is 0.242 e. The van der Waals surface area contributed by atoms with Gasteiger partial charge in [0.15, 0.2) is 0 Å². The molecule has 2 rings (SSSR count). The number of aromatic nitrogens is 2. The van der Waals surface area contributed by atoms with Crippen molar-refractivity contribution in [1.29, 1.82) is 5.26 Å². The second-order valence-electron chi connectivity index (χ2n) is 3.89. The van der Waals surface area contributed by atoms with Crippen LogP contribution in [0, 0.1) is 11.3 Å². The molecule has 0 fully saturated rings. The van der Waals surface area contributed by atoms with Crippen LogP contribution in [-0.4, -0.2) is 18.4 Å². The van der Waals surface area contributed by atoms with Gasteiger partial charge in [0.05, 0.1) is 29.6 Å². The average molecular weight is 289 g/mol. The van der Waals surface area contributed by atoms with E-state index in [9.17, 15) is 8.42 Å². The van der Waals surface area contributed by atoms with Crippen LogP contribution in [0.3, 0.4) is 0 Å². The van der Waals surface area contributed by atoms with Gasteiger partial charge in [-0.05, 0) is 24.3 Å². The van der Waals surface area contributed by atoms with Crippen molar-refractivity contribution in [2.75, 3.05) is 5.73 Å². The molecule has 0 radical (unpaired) electrons. The Labute approximate surface area is 116 Å². The second kappa shape index (κ2) is 5.64. The van der Waals surface area contributed by atoms with Gasteiger partial charge in [-0.1, -0.05) is 0 Å². The van der Waals surface area contributed by atoms with E-state index in [1.165, 1.54) is 30.7 Å². The summed E-state index contributed by atoms with van der Waals surface area (Å²) in [6.45, 7) is 0.0320. The lowest BCUT2D eigenvalue weighted by Gasteiger charge is -2.08. The first-order valence-corrected chi connectivity index (χ1v) is 7.05. The minimum atomic E-state index is -3.76. The van der Waals surface area contributed by atoms with Crippen molar-refractivity contribution in [2.45, 2.75) is 11.4 Å². The molecule has 0 aliphatic carbocycles. The number of hydrogen-bond acceptors (Lipinski definition) is 6. The van der Waals surface area contributed by atoms with Gasteiger partial charge >= 0.3 is 0 Å². The Morgan fingerprint density at radius 2 is 2.15 bits per heavy atom. The topological polar surface area (TPSA) is 122 Å². The zero-order chi connectivity index (χ0) is 14.6. The van der Waals surface area contributed by atoms with E-state index in [4.69, 9.17) is 11.0 Å². The van der Waals surface area contributed by atoms with E-state index < -0.39 is 10.0 Å². The summed E-state index contributed by atoms with van der Waals surface area (Å²) in [5.41, 5.74) is 6.52. The number of nitrogens with two attached hydrogens (primary N) is 1. The van der Waals surface area contributed by atoms with Crippen LogP contribution in [0.4, 0.5) is 5.69 Å². The van der Waals surface area contributed by atoms with Gasteiger partial charge in [0.1, 0.15) is 11.2 Å². The molecular weight excluding hydrogens is 278 g/mol. The molecule has 8 heteroatoms. The number of nitrogens with zero attached hydrogens (tertiary/aromatic N) is 3. The van der Waals surface area contributed by atoms with Crippen LogP contribution in [0.15, 0.2) is 41.7 Å². The highest BCUT2D eigenvalue weighted by Gasteiger charge is 2.17. The van der Waals surface area contributed by atoms with E-state index >= 15 is 0 Å². The van der Waals surface area contributed by atoms with E-state index in [1.807, 2.05) is 6.07 Å². The Balaban J connectivity index is 2.21. The lowest BCUT2D eigenvalue weighted by Crippen LogP contribution is -2.24. The highest BCUT2D eigenvalue weighted by Crippen LogP contribution is 2.19. The van der Waals surface area contributed by atoms with E-state index in [2.05, 4.69) is 14.7 Å². The molecule has 0 spiro atoms. The van der Waals surface area contributed by atoms with Crippen molar-refractivity contribution >= 4 is 15.7 Å². The fourth-order valence-corrected chi connectivity index (χ4v) is 2.64. The molecule has 0 saturated heterocycles. The predicted molar refractivity (Wildman–Crippen MR) is 71.6 cm³/mol. The third kappa shape index (κ3) is 3.09. The van der Waals surface area contributed by atoms with E-state index in [-0.39, 0.29) is 17.1 Å². The molecule has 0 atom stereocenters. The number of hydrogen-bond donors (Lipinski definition) is 2. The summed E-state index contributed by atoms with van der Waals surface area (Å²) in [5, 5.41) is 8.72. The van der Waals surface area contributed by atoms with Gasteiger partial charge in [-0.15, -0.1) is 0 Å². The third-order valence-electron chi connectivity index (χ3n) is 2.51. The summed E-state index contributed by atoms with van der Waals surface area (Å²) in [6.07, 6.45) is 2.85. The van der Waals surface area contributed by atoms with Crippen molar-refractivity contribution in [1.82, 2.24) is 14.7 Å². The zero-order valence-electron chi connectivity index (χ0n) is 10.3. The van der Waals surface area contributed by atoms with Crippen molar-refractivity contribution in [3.63, 3.8) is 0 Å². The van der Waals surface area contributed by atoms with Gasteiger partial charge in [-0.25, -0.2) is 23.1 Å². The van der Waals surface area contributed by atoms with Gasteiger partial charge in [-0.3, -0.25) is 0 Å². The molecule has 1 heterocycles. The van der Waals surface area contributed by atoms with Crippen LogP contribution in [0.2, 0.25) is 0 Å². The number of nitrogen functional groups attached to an aromatic ring is 1. The molecule has 1 aromatic heterocycles. The first kappa shape index (κ1) is 13.9. The first-order chi connectivity index (χ1) is 9.53. The SMILES string of the molecule is N#Cc1ccc(S(=O)(=O)NCc2ccncn2)c(N)c1. The Bertz CT molecular complexity index is 753. The van der Waals surface area contributed by atoms with Crippen LogP contribution in [0.5, 0.6) is 0 Å². The Morgan fingerprint density at radius 3 is 2.75 bits per heavy atom. The minimum Gasteiger partial charge on any atom is -0.398 e. The fraction of sp³-hybridized carbons (Fsp3) is 0.0833. The summed E-state index contributed by atoms with van der Waals surface area (Å²) < 4.78 is 26.6. The van der Waals surface area contributed by atoms with Gasteiger partial charge in [0.25, 0.3) is 0 Å². The maximum Gasteiger partial charge on any atom is 0.242 e. The molecule has 0 aliphatic rings. The monoisotopic (exact) mass is 289 g/mol. The quantitative estimate of drug-likeness (QED) is 0.786. The zero-order valence-corrected chi connectivity index (χ0v) is 11.1.